The molecule has 0 bridgehead atoms. The van der Waals surface area contributed by atoms with Gasteiger partial charge in [-0.25, -0.2) is 4.98 Å². The molecule has 0 atom stereocenters. The van der Waals surface area contributed by atoms with E-state index in [0.29, 0.717) is 5.88 Å². The van der Waals surface area contributed by atoms with E-state index in [-0.39, 0.29) is 0 Å². The summed E-state index contributed by atoms with van der Waals surface area (Å²) in [5, 5.41) is 0.717. The van der Waals surface area contributed by atoms with Crippen LogP contribution in [0.1, 0.15) is 11.1 Å². The van der Waals surface area contributed by atoms with E-state index in [0.717, 1.165) is 26.5 Å². The predicted octanol–water partition coefficient (Wildman–Crippen LogP) is 4.91. The molecule has 2 nitrogen and oxygen atoms in total. The number of hydrogen-bond acceptors (Lipinski definition) is 2. The lowest BCUT2D eigenvalue weighted by Gasteiger charge is -2.11. The van der Waals surface area contributed by atoms with E-state index in [1.807, 2.05) is 44.2 Å². The minimum absolute atomic E-state index is 0.563. The molecule has 1 aromatic heterocycles. The average molecular weight is 313 g/mol. The molecule has 0 aliphatic heterocycles. The molecular weight excluding hydrogens is 302 g/mol. The maximum absolute atomic E-state index is 5.97. The molecule has 0 spiro atoms. The van der Waals surface area contributed by atoms with Crippen molar-refractivity contribution in [1.29, 1.82) is 0 Å². The predicted molar refractivity (Wildman–Crippen MR) is 72.9 cm³/mol. The number of pyridine rings is 1. The van der Waals surface area contributed by atoms with Crippen LogP contribution in [-0.4, -0.2) is 4.98 Å². The van der Waals surface area contributed by atoms with Crippen LogP contribution in [0.4, 0.5) is 0 Å². The van der Waals surface area contributed by atoms with Gasteiger partial charge in [0.15, 0.2) is 0 Å². The van der Waals surface area contributed by atoms with Crippen molar-refractivity contribution in [2.45, 2.75) is 13.8 Å². The third-order valence-corrected chi connectivity index (χ3v) is 2.98. The van der Waals surface area contributed by atoms with Gasteiger partial charge in [0.2, 0.25) is 5.88 Å². The molecule has 1 aromatic carbocycles. The highest BCUT2D eigenvalue weighted by Gasteiger charge is 2.07. The third kappa shape index (κ3) is 2.99. The smallest absolute Gasteiger partial charge is 0.220 e. The summed E-state index contributed by atoms with van der Waals surface area (Å²) >= 11 is 9.28. The highest BCUT2D eigenvalue weighted by Crippen LogP contribution is 2.30. The number of aromatic nitrogens is 1. The largest absolute Gasteiger partial charge is 0.438 e. The zero-order valence-electron chi connectivity index (χ0n) is 9.50. The van der Waals surface area contributed by atoms with Gasteiger partial charge in [0.25, 0.3) is 0 Å². The summed E-state index contributed by atoms with van der Waals surface area (Å²) in [4.78, 5) is 4.23. The van der Waals surface area contributed by atoms with Gasteiger partial charge in [0, 0.05) is 11.1 Å². The molecule has 17 heavy (non-hydrogen) atoms. The van der Waals surface area contributed by atoms with Crippen LogP contribution in [0.2, 0.25) is 5.02 Å². The van der Waals surface area contributed by atoms with Gasteiger partial charge < -0.3 is 4.74 Å². The second-order valence-corrected chi connectivity index (χ2v) is 5.02. The van der Waals surface area contributed by atoms with Crippen LogP contribution in [-0.2, 0) is 0 Å². The average Bonchev–Trinajstić information content (AvgIpc) is 2.23. The molecular formula is C13H11BrClNO. The van der Waals surface area contributed by atoms with Crippen LogP contribution < -0.4 is 4.74 Å². The molecule has 0 fully saturated rings. The van der Waals surface area contributed by atoms with Gasteiger partial charge in [0.1, 0.15) is 10.4 Å². The van der Waals surface area contributed by atoms with E-state index in [1.54, 1.807) is 0 Å². The van der Waals surface area contributed by atoms with E-state index in [1.165, 1.54) is 0 Å². The molecule has 0 amide bonds. The van der Waals surface area contributed by atoms with Crippen molar-refractivity contribution >= 4 is 27.5 Å². The van der Waals surface area contributed by atoms with Crippen molar-refractivity contribution in [3.8, 4) is 11.6 Å². The molecule has 2 rings (SSSR count). The second kappa shape index (κ2) is 5.07. The topological polar surface area (TPSA) is 22.1 Å². The van der Waals surface area contributed by atoms with Gasteiger partial charge in [-0.2, -0.15) is 0 Å². The van der Waals surface area contributed by atoms with Gasteiger partial charge in [0.05, 0.1) is 0 Å². The summed E-state index contributed by atoms with van der Waals surface area (Å²) in [5.74, 6) is 1.37. The van der Waals surface area contributed by atoms with E-state index in [9.17, 15) is 0 Å². The Morgan fingerprint density at radius 1 is 1.18 bits per heavy atom. The standard InChI is InChI=1S/C13H11BrClNO/c1-8-6-10(15)7-9(2)13(8)17-12-5-3-4-11(14)16-12/h3-7H,1-2H3. The summed E-state index contributed by atoms with van der Waals surface area (Å²) in [5.41, 5.74) is 1.99. The SMILES string of the molecule is Cc1cc(Cl)cc(C)c1Oc1cccc(Br)n1. The molecule has 88 valence electrons. The Labute approximate surface area is 114 Å². The molecule has 4 heteroatoms. The Bertz CT molecular complexity index is 534. The first kappa shape index (κ1) is 12.4. The monoisotopic (exact) mass is 311 g/mol. The Morgan fingerprint density at radius 3 is 2.41 bits per heavy atom. The molecule has 0 saturated carbocycles. The van der Waals surface area contributed by atoms with Gasteiger partial charge in [-0.1, -0.05) is 17.7 Å². The van der Waals surface area contributed by atoms with Crippen molar-refractivity contribution in [2.24, 2.45) is 0 Å². The molecule has 0 aliphatic carbocycles. The summed E-state index contributed by atoms with van der Waals surface area (Å²) in [6, 6.07) is 9.31. The Kier molecular flexibility index (Phi) is 3.69. The Balaban J connectivity index is 2.36. The number of halogens is 2. The van der Waals surface area contributed by atoms with Gasteiger partial charge in [-0.15, -0.1) is 0 Å². The summed E-state index contributed by atoms with van der Waals surface area (Å²) in [6.07, 6.45) is 0. The van der Waals surface area contributed by atoms with Crippen molar-refractivity contribution in [2.75, 3.05) is 0 Å². The fourth-order valence-corrected chi connectivity index (χ4v) is 2.26. The lowest BCUT2D eigenvalue weighted by Crippen LogP contribution is -1.93. The number of nitrogens with zero attached hydrogens (tertiary/aromatic N) is 1. The first-order chi connectivity index (χ1) is 8.06. The second-order valence-electron chi connectivity index (χ2n) is 3.77. The maximum Gasteiger partial charge on any atom is 0.220 e. The first-order valence-corrected chi connectivity index (χ1v) is 6.30. The number of aryl methyl sites for hydroxylation is 2. The minimum atomic E-state index is 0.563. The van der Waals surface area contributed by atoms with E-state index in [2.05, 4.69) is 20.9 Å². The zero-order chi connectivity index (χ0) is 12.4. The van der Waals surface area contributed by atoms with Crippen LogP contribution in [0.5, 0.6) is 11.6 Å². The lowest BCUT2D eigenvalue weighted by atomic mass is 10.1. The van der Waals surface area contributed by atoms with E-state index < -0.39 is 0 Å². The summed E-state index contributed by atoms with van der Waals surface area (Å²) < 4.78 is 6.53. The van der Waals surface area contributed by atoms with Crippen molar-refractivity contribution in [3.63, 3.8) is 0 Å². The third-order valence-electron chi connectivity index (χ3n) is 2.32. The highest BCUT2D eigenvalue weighted by molar-refractivity contribution is 9.10. The van der Waals surface area contributed by atoms with Crippen LogP contribution in [0.15, 0.2) is 34.9 Å². The lowest BCUT2D eigenvalue weighted by molar-refractivity contribution is 0.455. The molecule has 0 saturated heterocycles. The fraction of sp³-hybridized carbons (Fsp3) is 0.154. The first-order valence-electron chi connectivity index (χ1n) is 5.13. The number of benzene rings is 1. The zero-order valence-corrected chi connectivity index (χ0v) is 11.8. The molecule has 2 aromatic rings. The molecule has 0 aliphatic rings. The fourth-order valence-electron chi connectivity index (χ4n) is 1.61. The van der Waals surface area contributed by atoms with Gasteiger partial charge in [-0.3, -0.25) is 0 Å². The Morgan fingerprint density at radius 2 is 1.82 bits per heavy atom. The van der Waals surface area contributed by atoms with Crippen LogP contribution >= 0.6 is 27.5 Å². The van der Waals surface area contributed by atoms with Crippen molar-refractivity contribution in [1.82, 2.24) is 4.98 Å². The molecule has 0 N–H and O–H groups in total. The summed E-state index contributed by atoms with van der Waals surface area (Å²) in [7, 11) is 0. The van der Waals surface area contributed by atoms with Crippen molar-refractivity contribution < 1.29 is 4.74 Å². The molecule has 0 radical (unpaired) electrons. The van der Waals surface area contributed by atoms with Crippen LogP contribution in [0.3, 0.4) is 0 Å². The minimum Gasteiger partial charge on any atom is -0.438 e. The van der Waals surface area contributed by atoms with Crippen molar-refractivity contribution in [3.05, 3.63) is 51.1 Å². The Hall–Kier alpha value is -1.06. The van der Waals surface area contributed by atoms with Crippen LogP contribution in [0.25, 0.3) is 0 Å². The highest BCUT2D eigenvalue weighted by atomic mass is 79.9. The maximum atomic E-state index is 5.97. The quantitative estimate of drug-likeness (QED) is 0.735. The summed E-state index contributed by atoms with van der Waals surface area (Å²) in [6.45, 7) is 3.93. The number of rotatable bonds is 2. The van der Waals surface area contributed by atoms with Gasteiger partial charge >= 0.3 is 0 Å². The van der Waals surface area contributed by atoms with Crippen LogP contribution in [0, 0.1) is 13.8 Å². The molecule has 1 heterocycles. The van der Waals surface area contributed by atoms with E-state index >= 15 is 0 Å². The molecule has 0 unspecified atom stereocenters. The number of hydrogen-bond donors (Lipinski definition) is 0. The van der Waals surface area contributed by atoms with Gasteiger partial charge in [-0.05, 0) is 59.1 Å². The van der Waals surface area contributed by atoms with E-state index in [4.69, 9.17) is 16.3 Å². The number of ether oxygens (including phenoxy) is 1. The normalized spacial score (nSPS) is 10.4.